The minimum absolute atomic E-state index is 0.194. The van der Waals surface area contributed by atoms with Crippen molar-refractivity contribution < 1.29 is 4.79 Å². The van der Waals surface area contributed by atoms with Crippen LogP contribution in [-0.2, 0) is 0 Å². The largest absolute Gasteiger partial charge is 0.364 e. The Hall–Kier alpha value is -1.63. The lowest BCUT2D eigenvalue weighted by molar-refractivity contribution is 0.0988. The number of terminal acetylenes is 1. The van der Waals surface area contributed by atoms with Crippen molar-refractivity contribution in [3.63, 3.8) is 0 Å². The highest BCUT2D eigenvalue weighted by Crippen LogP contribution is 2.38. The smallest absolute Gasteiger partial charge is 0.265 e. The van der Waals surface area contributed by atoms with E-state index in [1.807, 2.05) is 10.6 Å². The zero-order valence-corrected chi connectivity index (χ0v) is 13.5. The summed E-state index contributed by atoms with van der Waals surface area (Å²) in [5, 5.41) is 1.88. The van der Waals surface area contributed by atoms with Crippen LogP contribution in [0.25, 0.3) is 10.9 Å². The molecule has 0 atom stereocenters. The number of nitrogens with zero attached hydrogens (tertiary/aromatic N) is 1. The first-order chi connectivity index (χ1) is 10.5. The van der Waals surface area contributed by atoms with E-state index in [-0.39, 0.29) is 6.04 Å². The number of carbonyl (C=O) groups is 1. The molecule has 1 amide bonds. The highest BCUT2D eigenvalue weighted by Gasteiger charge is 2.26. The third-order valence-electron chi connectivity index (χ3n) is 4.42. The summed E-state index contributed by atoms with van der Waals surface area (Å²) in [6.07, 6.45) is 9.25. The van der Waals surface area contributed by atoms with E-state index in [2.05, 4.69) is 5.92 Å². The first-order valence-corrected chi connectivity index (χ1v) is 8.02. The van der Waals surface area contributed by atoms with Crippen LogP contribution in [0, 0.1) is 18.3 Å². The van der Waals surface area contributed by atoms with Gasteiger partial charge in [0.15, 0.2) is 0 Å². The summed E-state index contributed by atoms with van der Waals surface area (Å²) < 4.78 is 1.99. The summed E-state index contributed by atoms with van der Waals surface area (Å²) >= 11 is 12.4. The van der Waals surface area contributed by atoms with E-state index in [9.17, 15) is 4.79 Å². The van der Waals surface area contributed by atoms with Gasteiger partial charge in [-0.15, -0.1) is 12.3 Å². The molecule has 1 heterocycles. The molecule has 1 aliphatic carbocycles. The zero-order valence-electron chi connectivity index (χ0n) is 12.0. The van der Waals surface area contributed by atoms with Gasteiger partial charge in [-0.25, -0.2) is 0 Å². The number of nitrogens with two attached hydrogens (primary N) is 1. The van der Waals surface area contributed by atoms with E-state index < -0.39 is 5.91 Å². The third-order valence-corrected chi connectivity index (χ3v) is 4.95. The molecule has 0 aliphatic heterocycles. The van der Waals surface area contributed by atoms with Crippen molar-refractivity contribution in [2.45, 2.75) is 31.7 Å². The number of hydrogen-bond donors (Lipinski definition) is 1. The monoisotopic (exact) mass is 334 g/mol. The van der Waals surface area contributed by atoms with E-state index in [0.29, 0.717) is 21.7 Å². The average molecular weight is 335 g/mol. The van der Waals surface area contributed by atoms with Crippen LogP contribution >= 0.6 is 23.2 Å². The van der Waals surface area contributed by atoms with Crippen molar-refractivity contribution >= 4 is 40.0 Å². The fourth-order valence-corrected chi connectivity index (χ4v) is 3.87. The normalized spacial score (nSPS) is 21.7. The molecule has 0 unspecified atom stereocenters. The van der Waals surface area contributed by atoms with Gasteiger partial charge in [0.1, 0.15) is 5.69 Å². The molecular formula is C17H16Cl2N2O. The number of amides is 1. The molecule has 3 nitrogen and oxygen atoms in total. The molecule has 1 fully saturated rings. The number of fused-ring (bicyclic) bond motifs is 1. The highest BCUT2D eigenvalue weighted by molar-refractivity contribution is 6.38. The van der Waals surface area contributed by atoms with Gasteiger partial charge < -0.3 is 10.3 Å². The number of halogens is 2. The van der Waals surface area contributed by atoms with Crippen LogP contribution in [0.2, 0.25) is 10.0 Å². The number of primary amides is 1. The van der Waals surface area contributed by atoms with E-state index in [1.165, 1.54) is 0 Å². The van der Waals surface area contributed by atoms with Crippen LogP contribution in [0.1, 0.15) is 42.2 Å². The summed E-state index contributed by atoms with van der Waals surface area (Å²) in [4.78, 5) is 11.8. The Balaban J connectivity index is 2.13. The van der Waals surface area contributed by atoms with Gasteiger partial charge in [0.2, 0.25) is 0 Å². The van der Waals surface area contributed by atoms with Crippen LogP contribution in [0.4, 0.5) is 0 Å². The number of carbonyl (C=O) groups excluding carboxylic acids is 1. The number of aromatic nitrogens is 1. The SMILES string of the molecule is C#CC1CCC(n2c(C(N)=O)cc3c(Cl)cc(Cl)cc32)CC1. The molecule has 114 valence electrons. The van der Waals surface area contributed by atoms with Gasteiger partial charge in [-0.1, -0.05) is 23.2 Å². The summed E-state index contributed by atoms with van der Waals surface area (Å²) in [7, 11) is 0. The van der Waals surface area contributed by atoms with Crippen molar-refractivity contribution in [2.75, 3.05) is 0 Å². The van der Waals surface area contributed by atoms with Crippen molar-refractivity contribution in [1.29, 1.82) is 0 Å². The Labute approximate surface area is 139 Å². The van der Waals surface area contributed by atoms with Gasteiger partial charge in [-0.3, -0.25) is 4.79 Å². The average Bonchev–Trinajstić information content (AvgIpc) is 2.87. The van der Waals surface area contributed by atoms with Crippen molar-refractivity contribution in [2.24, 2.45) is 11.7 Å². The standard InChI is InChI=1S/C17H16Cl2N2O/c1-2-10-3-5-12(6-4-10)21-15-8-11(18)7-14(19)13(15)9-16(21)17(20)22/h1,7-10,12H,3-6H2,(H2,20,22). The highest BCUT2D eigenvalue weighted by atomic mass is 35.5. The summed E-state index contributed by atoms with van der Waals surface area (Å²) in [5.74, 6) is 2.68. The molecule has 0 bridgehead atoms. The maximum atomic E-state index is 11.8. The minimum atomic E-state index is -0.456. The first kappa shape index (κ1) is 15.3. The van der Waals surface area contributed by atoms with Crippen LogP contribution < -0.4 is 5.73 Å². The summed E-state index contributed by atoms with van der Waals surface area (Å²) in [6, 6.07) is 5.46. The Bertz CT molecular complexity index is 780. The molecule has 0 spiro atoms. The third kappa shape index (κ3) is 2.58. The molecule has 1 aliphatic rings. The molecule has 22 heavy (non-hydrogen) atoms. The van der Waals surface area contributed by atoms with Gasteiger partial charge in [-0.05, 0) is 43.9 Å². The molecule has 3 rings (SSSR count). The van der Waals surface area contributed by atoms with Crippen LogP contribution in [-0.4, -0.2) is 10.5 Å². The van der Waals surface area contributed by atoms with Crippen molar-refractivity contribution in [1.82, 2.24) is 4.57 Å². The topological polar surface area (TPSA) is 48.0 Å². The molecule has 1 aromatic heterocycles. The molecule has 5 heteroatoms. The van der Waals surface area contributed by atoms with Gasteiger partial charge in [-0.2, -0.15) is 0 Å². The Morgan fingerprint density at radius 3 is 2.50 bits per heavy atom. The predicted octanol–water partition coefficient (Wildman–Crippen LogP) is 4.41. The molecule has 0 radical (unpaired) electrons. The number of hydrogen-bond acceptors (Lipinski definition) is 1. The first-order valence-electron chi connectivity index (χ1n) is 7.27. The van der Waals surface area contributed by atoms with Crippen LogP contribution in [0.15, 0.2) is 18.2 Å². The molecule has 1 saturated carbocycles. The van der Waals surface area contributed by atoms with E-state index in [0.717, 1.165) is 36.6 Å². The quantitative estimate of drug-likeness (QED) is 0.812. The van der Waals surface area contributed by atoms with Gasteiger partial charge in [0, 0.05) is 22.4 Å². The maximum Gasteiger partial charge on any atom is 0.265 e. The fourth-order valence-electron chi connectivity index (χ4n) is 3.33. The van der Waals surface area contributed by atoms with E-state index in [4.69, 9.17) is 35.4 Å². The lowest BCUT2D eigenvalue weighted by Gasteiger charge is -2.28. The second-order valence-corrected chi connectivity index (χ2v) is 6.60. The summed E-state index contributed by atoms with van der Waals surface area (Å²) in [6.45, 7) is 0. The molecule has 2 N–H and O–H groups in total. The number of rotatable bonds is 2. The Kier molecular flexibility index (Phi) is 4.08. The lowest BCUT2D eigenvalue weighted by Crippen LogP contribution is -2.23. The van der Waals surface area contributed by atoms with Crippen molar-refractivity contribution in [3.05, 3.63) is 33.9 Å². The van der Waals surface area contributed by atoms with E-state index in [1.54, 1.807) is 12.1 Å². The van der Waals surface area contributed by atoms with E-state index >= 15 is 0 Å². The van der Waals surface area contributed by atoms with Gasteiger partial charge in [0.05, 0.1) is 10.5 Å². The maximum absolute atomic E-state index is 11.8. The molecular weight excluding hydrogens is 319 g/mol. The lowest BCUT2D eigenvalue weighted by atomic mass is 9.86. The second kappa shape index (κ2) is 5.87. The van der Waals surface area contributed by atoms with Crippen LogP contribution in [0.5, 0.6) is 0 Å². The summed E-state index contributed by atoms with van der Waals surface area (Å²) in [5.41, 5.74) is 6.89. The predicted molar refractivity (Wildman–Crippen MR) is 90.3 cm³/mol. The minimum Gasteiger partial charge on any atom is -0.364 e. The zero-order chi connectivity index (χ0) is 15.9. The number of benzene rings is 1. The van der Waals surface area contributed by atoms with Gasteiger partial charge in [0.25, 0.3) is 5.91 Å². The van der Waals surface area contributed by atoms with Crippen LogP contribution in [0.3, 0.4) is 0 Å². The Morgan fingerprint density at radius 1 is 1.23 bits per heavy atom. The Morgan fingerprint density at radius 2 is 1.91 bits per heavy atom. The molecule has 2 aromatic rings. The van der Waals surface area contributed by atoms with Crippen molar-refractivity contribution in [3.8, 4) is 12.3 Å². The fraction of sp³-hybridized carbons (Fsp3) is 0.353. The van der Waals surface area contributed by atoms with Gasteiger partial charge >= 0.3 is 0 Å². The molecule has 0 saturated heterocycles. The second-order valence-electron chi connectivity index (χ2n) is 5.76. The molecule has 1 aromatic carbocycles.